The Kier molecular flexibility index (Phi) is 5.43. The number of hydrogen-bond donors (Lipinski definition) is 2. The Labute approximate surface area is 132 Å². The first-order valence-electron chi connectivity index (χ1n) is 6.67. The Hall–Kier alpha value is -2.73. The summed E-state index contributed by atoms with van der Waals surface area (Å²) in [5.41, 5.74) is 1.07. The van der Waals surface area contributed by atoms with Gasteiger partial charge in [0.1, 0.15) is 22.9 Å². The average molecular weight is 312 g/mol. The first-order valence-corrected chi connectivity index (χ1v) is 6.67. The van der Waals surface area contributed by atoms with Crippen LogP contribution >= 0.6 is 0 Å². The third-order valence-corrected chi connectivity index (χ3v) is 3.00. The van der Waals surface area contributed by atoms with Gasteiger partial charge in [-0.1, -0.05) is 23.7 Å². The number of phenolic OH excluding ortho intramolecular Hbond substituents is 1. The minimum atomic E-state index is -0.687. The SMILES string of the molecule is C=C([B]O)c1cc(F)cc(F)c1.Oc1cccc2cccnc12. The van der Waals surface area contributed by atoms with Crippen LogP contribution in [0.15, 0.2) is 61.3 Å². The standard InChI is InChI=1S/C9H7NO.C8H6BF2O/c11-8-5-1-3-7-4-2-6-10-9(7)8;1-5(9-12)6-2-7(10)4-8(11)3-6/h1-6,11H;2-4,12H,1H2. The molecule has 0 aliphatic rings. The molecule has 0 aliphatic heterocycles. The number of fused-ring (bicyclic) bond motifs is 1. The molecule has 6 heteroatoms. The van der Waals surface area contributed by atoms with Crippen molar-refractivity contribution in [2.45, 2.75) is 0 Å². The van der Waals surface area contributed by atoms with E-state index in [-0.39, 0.29) is 16.8 Å². The van der Waals surface area contributed by atoms with Crippen molar-refractivity contribution in [3.05, 3.63) is 78.5 Å². The summed E-state index contributed by atoms with van der Waals surface area (Å²) >= 11 is 0. The number of pyridine rings is 1. The first-order chi connectivity index (χ1) is 11.0. The highest BCUT2D eigenvalue weighted by Gasteiger charge is 2.03. The third kappa shape index (κ3) is 4.37. The van der Waals surface area contributed by atoms with Gasteiger partial charge in [-0.25, -0.2) is 8.78 Å². The molecule has 0 aliphatic carbocycles. The van der Waals surface area contributed by atoms with Crippen molar-refractivity contribution in [1.82, 2.24) is 4.98 Å². The zero-order valence-corrected chi connectivity index (χ0v) is 12.1. The highest BCUT2D eigenvalue weighted by Crippen LogP contribution is 2.20. The van der Waals surface area contributed by atoms with Crippen LogP contribution in [0, 0.1) is 11.6 Å². The van der Waals surface area contributed by atoms with E-state index in [1.165, 1.54) is 0 Å². The summed E-state index contributed by atoms with van der Waals surface area (Å²) in [7, 11) is 0.703. The average Bonchev–Trinajstić information content (AvgIpc) is 2.54. The normalized spacial score (nSPS) is 9.87. The minimum absolute atomic E-state index is 0.174. The van der Waals surface area contributed by atoms with E-state index in [0.29, 0.717) is 13.0 Å². The van der Waals surface area contributed by atoms with Crippen LogP contribution in [-0.4, -0.2) is 22.6 Å². The van der Waals surface area contributed by atoms with Crippen molar-refractivity contribution in [3.63, 3.8) is 0 Å². The van der Waals surface area contributed by atoms with Crippen molar-refractivity contribution in [3.8, 4) is 5.75 Å². The second-order valence-electron chi connectivity index (χ2n) is 4.66. The molecule has 0 atom stereocenters. The molecule has 3 rings (SSSR count). The monoisotopic (exact) mass is 312 g/mol. The predicted octanol–water partition coefficient (Wildman–Crippen LogP) is 3.49. The molecule has 2 N–H and O–H groups in total. The lowest BCUT2D eigenvalue weighted by atomic mass is 9.84. The second-order valence-corrected chi connectivity index (χ2v) is 4.66. The number of rotatable bonds is 2. The molecule has 0 unspecified atom stereocenters. The lowest BCUT2D eigenvalue weighted by molar-refractivity contribution is 0.480. The zero-order chi connectivity index (χ0) is 16.8. The second kappa shape index (κ2) is 7.51. The Morgan fingerprint density at radius 1 is 1.04 bits per heavy atom. The van der Waals surface area contributed by atoms with Crippen LogP contribution in [0.25, 0.3) is 16.4 Å². The number of para-hydroxylation sites is 1. The van der Waals surface area contributed by atoms with Crippen molar-refractivity contribution in [2.75, 3.05) is 0 Å². The predicted molar refractivity (Wildman–Crippen MR) is 86.8 cm³/mol. The Balaban J connectivity index is 0.000000167. The van der Waals surface area contributed by atoms with Gasteiger partial charge in [0.2, 0.25) is 0 Å². The molecule has 1 radical (unpaired) electrons. The first kappa shape index (κ1) is 16.6. The minimum Gasteiger partial charge on any atom is -0.506 e. The van der Waals surface area contributed by atoms with E-state index < -0.39 is 11.6 Å². The largest absolute Gasteiger partial charge is 0.506 e. The quantitative estimate of drug-likeness (QED) is 0.712. The molecular weight excluding hydrogens is 299 g/mol. The Morgan fingerprint density at radius 2 is 1.70 bits per heavy atom. The van der Waals surface area contributed by atoms with Crippen LogP contribution in [0.5, 0.6) is 5.75 Å². The lowest BCUT2D eigenvalue weighted by Crippen LogP contribution is -1.94. The molecule has 0 spiro atoms. The van der Waals surface area contributed by atoms with Gasteiger partial charge in [-0.2, -0.15) is 0 Å². The maximum absolute atomic E-state index is 12.5. The molecule has 1 aromatic heterocycles. The maximum Gasteiger partial charge on any atom is 0.326 e. The number of aromatic hydroxyl groups is 1. The van der Waals surface area contributed by atoms with E-state index >= 15 is 0 Å². The lowest BCUT2D eigenvalue weighted by Gasteiger charge is -2.00. The highest BCUT2D eigenvalue weighted by atomic mass is 19.1. The van der Waals surface area contributed by atoms with Crippen LogP contribution in [-0.2, 0) is 0 Å². The summed E-state index contributed by atoms with van der Waals surface area (Å²) in [5.74, 6) is -1.14. The summed E-state index contributed by atoms with van der Waals surface area (Å²) < 4.78 is 25.1. The van der Waals surface area contributed by atoms with Crippen molar-refractivity contribution in [1.29, 1.82) is 0 Å². The highest BCUT2D eigenvalue weighted by molar-refractivity contribution is 6.53. The molecule has 115 valence electrons. The van der Waals surface area contributed by atoms with Crippen LogP contribution in [0.1, 0.15) is 5.56 Å². The fraction of sp³-hybridized carbons (Fsp3) is 0. The van der Waals surface area contributed by atoms with E-state index in [0.717, 1.165) is 23.6 Å². The van der Waals surface area contributed by atoms with E-state index in [9.17, 15) is 13.9 Å². The van der Waals surface area contributed by atoms with Crippen molar-refractivity contribution < 1.29 is 18.9 Å². The van der Waals surface area contributed by atoms with E-state index in [1.807, 2.05) is 18.2 Å². The number of hydrogen-bond acceptors (Lipinski definition) is 3. The molecule has 0 saturated carbocycles. The fourth-order valence-electron chi connectivity index (χ4n) is 1.90. The summed E-state index contributed by atoms with van der Waals surface area (Å²) in [6.07, 6.45) is 1.67. The zero-order valence-electron chi connectivity index (χ0n) is 12.1. The smallest absolute Gasteiger partial charge is 0.326 e. The van der Waals surface area contributed by atoms with Gasteiger partial charge >= 0.3 is 7.48 Å². The molecule has 2 aromatic carbocycles. The molecule has 0 bridgehead atoms. The number of phenols is 1. The number of nitrogens with zero attached hydrogens (tertiary/aromatic N) is 1. The molecule has 3 aromatic rings. The summed E-state index contributed by atoms with van der Waals surface area (Å²) in [5, 5.41) is 18.8. The van der Waals surface area contributed by atoms with Gasteiger partial charge in [0.05, 0.1) is 0 Å². The topological polar surface area (TPSA) is 53.4 Å². The van der Waals surface area contributed by atoms with Gasteiger partial charge in [0.15, 0.2) is 0 Å². The van der Waals surface area contributed by atoms with Gasteiger partial charge in [0, 0.05) is 17.6 Å². The molecular formula is C17H13BF2NO2. The maximum atomic E-state index is 12.5. The van der Waals surface area contributed by atoms with Gasteiger partial charge in [-0.05, 0) is 29.8 Å². The van der Waals surface area contributed by atoms with Crippen LogP contribution in [0.3, 0.4) is 0 Å². The molecule has 23 heavy (non-hydrogen) atoms. The number of benzene rings is 2. The van der Waals surface area contributed by atoms with Crippen molar-refractivity contribution >= 4 is 23.9 Å². The molecule has 0 fully saturated rings. The third-order valence-electron chi connectivity index (χ3n) is 3.00. The molecule has 0 amide bonds. The summed E-state index contributed by atoms with van der Waals surface area (Å²) in [6.45, 7) is 3.39. The van der Waals surface area contributed by atoms with Gasteiger partial charge < -0.3 is 10.1 Å². The number of aromatic nitrogens is 1. The summed E-state index contributed by atoms with van der Waals surface area (Å²) in [4.78, 5) is 4.03. The van der Waals surface area contributed by atoms with E-state index in [2.05, 4.69) is 11.6 Å². The fourth-order valence-corrected chi connectivity index (χ4v) is 1.90. The van der Waals surface area contributed by atoms with Crippen LogP contribution in [0.4, 0.5) is 8.78 Å². The Morgan fingerprint density at radius 3 is 2.30 bits per heavy atom. The van der Waals surface area contributed by atoms with E-state index in [4.69, 9.17) is 5.02 Å². The molecule has 1 heterocycles. The number of halogens is 2. The molecule has 3 nitrogen and oxygen atoms in total. The van der Waals surface area contributed by atoms with Gasteiger partial charge in [-0.3, -0.25) is 4.98 Å². The molecule has 0 saturated heterocycles. The Bertz CT molecular complexity index is 814. The van der Waals surface area contributed by atoms with Crippen LogP contribution in [0.2, 0.25) is 0 Å². The van der Waals surface area contributed by atoms with E-state index in [1.54, 1.807) is 18.3 Å². The van der Waals surface area contributed by atoms with Crippen molar-refractivity contribution in [2.24, 2.45) is 0 Å². The van der Waals surface area contributed by atoms with Gasteiger partial charge in [-0.15, -0.1) is 6.58 Å². The summed E-state index contributed by atoms with van der Waals surface area (Å²) in [6, 6.07) is 12.1. The van der Waals surface area contributed by atoms with Crippen LogP contribution < -0.4 is 0 Å². The van der Waals surface area contributed by atoms with Gasteiger partial charge in [0.25, 0.3) is 0 Å².